The molecule has 2 aliphatic carbocycles. The molecule has 2 aliphatic heterocycles. The zero-order chi connectivity index (χ0) is 13.7. The van der Waals surface area contributed by atoms with Gasteiger partial charge in [-0.2, -0.15) is 0 Å². The minimum absolute atomic E-state index is 0.143. The van der Waals surface area contributed by atoms with Crippen molar-refractivity contribution < 1.29 is 4.79 Å². The van der Waals surface area contributed by atoms with Crippen LogP contribution in [0.5, 0.6) is 0 Å². The number of amides is 1. The van der Waals surface area contributed by atoms with E-state index in [1.807, 2.05) is 0 Å². The maximum atomic E-state index is 12.9. The van der Waals surface area contributed by atoms with Crippen LogP contribution in [0.4, 0.5) is 0 Å². The normalized spacial score (nSPS) is 47.4. The number of carbonyl (C=O) groups excluding carboxylic acids is 1. The molecule has 0 spiro atoms. The van der Waals surface area contributed by atoms with Crippen molar-refractivity contribution in [1.29, 1.82) is 0 Å². The van der Waals surface area contributed by atoms with Crippen LogP contribution < -0.4 is 11.1 Å². The molecular formula is C16H27N3O. The zero-order valence-electron chi connectivity index (χ0n) is 12.3. The molecule has 0 aromatic carbocycles. The summed E-state index contributed by atoms with van der Waals surface area (Å²) < 4.78 is 0. The highest BCUT2D eigenvalue weighted by atomic mass is 16.2. The molecule has 4 fully saturated rings. The summed E-state index contributed by atoms with van der Waals surface area (Å²) in [4.78, 5) is 15.1. The summed E-state index contributed by atoms with van der Waals surface area (Å²) in [5.74, 6) is 3.34. The lowest BCUT2D eigenvalue weighted by atomic mass is 9.84. The first-order chi connectivity index (χ1) is 9.74. The van der Waals surface area contributed by atoms with Crippen LogP contribution in [-0.4, -0.2) is 43.0 Å². The molecule has 4 nitrogen and oxygen atoms in total. The van der Waals surface area contributed by atoms with E-state index >= 15 is 0 Å². The Kier molecular flexibility index (Phi) is 3.26. The molecule has 4 heteroatoms. The van der Waals surface area contributed by atoms with Crippen molar-refractivity contribution in [2.75, 3.05) is 26.2 Å². The molecule has 2 heterocycles. The molecule has 4 unspecified atom stereocenters. The number of rotatable bonds is 1. The van der Waals surface area contributed by atoms with Crippen LogP contribution in [0.25, 0.3) is 0 Å². The first-order valence-corrected chi connectivity index (χ1v) is 8.49. The molecule has 112 valence electrons. The first kappa shape index (κ1) is 13.1. The third kappa shape index (κ3) is 2.00. The largest absolute Gasteiger partial charge is 0.342 e. The van der Waals surface area contributed by atoms with E-state index in [4.69, 9.17) is 5.73 Å². The quantitative estimate of drug-likeness (QED) is 0.746. The second kappa shape index (κ2) is 4.99. The number of carbonyl (C=O) groups is 1. The summed E-state index contributed by atoms with van der Waals surface area (Å²) in [5.41, 5.74) is 6.35. The standard InChI is InChI=1S/C16H27N3O/c17-15-11-2-1-10(7-11)14(15)16(20)19-5-3-12-8-18-9-13(12)4-6-19/h10-15,18H,1-9,17H2/t10?,11?,12-,13+,14?,15?. The Morgan fingerprint density at radius 1 is 0.950 bits per heavy atom. The Hall–Kier alpha value is -0.610. The minimum Gasteiger partial charge on any atom is -0.342 e. The lowest BCUT2D eigenvalue weighted by molar-refractivity contribution is -0.137. The zero-order valence-corrected chi connectivity index (χ0v) is 12.3. The van der Waals surface area contributed by atoms with E-state index in [1.165, 1.54) is 32.1 Å². The smallest absolute Gasteiger partial charge is 0.227 e. The second-order valence-corrected chi connectivity index (χ2v) is 7.52. The van der Waals surface area contributed by atoms with E-state index in [0.717, 1.165) is 38.0 Å². The Labute approximate surface area is 121 Å². The van der Waals surface area contributed by atoms with Gasteiger partial charge in [0, 0.05) is 19.1 Å². The Morgan fingerprint density at radius 3 is 2.20 bits per heavy atom. The van der Waals surface area contributed by atoms with Crippen LogP contribution in [0.1, 0.15) is 32.1 Å². The molecule has 4 rings (SSSR count). The van der Waals surface area contributed by atoms with Gasteiger partial charge in [-0.25, -0.2) is 0 Å². The van der Waals surface area contributed by atoms with Crippen molar-refractivity contribution >= 4 is 5.91 Å². The average Bonchev–Trinajstić information content (AvgIpc) is 3.12. The molecule has 20 heavy (non-hydrogen) atoms. The van der Waals surface area contributed by atoms with E-state index in [9.17, 15) is 4.79 Å². The molecule has 0 radical (unpaired) electrons. The SMILES string of the molecule is NC1C2CCC(C2)C1C(=O)N1CC[C@@H]2CNC[C@@H]2CC1. The first-order valence-electron chi connectivity index (χ1n) is 8.49. The number of hydrogen-bond acceptors (Lipinski definition) is 3. The average molecular weight is 277 g/mol. The molecule has 1 amide bonds. The van der Waals surface area contributed by atoms with Crippen molar-refractivity contribution in [3.63, 3.8) is 0 Å². The van der Waals surface area contributed by atoms with Gasteiger partial charge in [-0.1, -0.05) is 0 Å². The van der Waals surface area contributed by atoms with E-state index in [2.05, 4.69) is 10.2 Å². The van der Waals surface area contributed by atoms with Gasteiger partial charge in [0.25, 0.3) is 0 Å². The van der Waals surface area contributed by atoms with E-state index in [1.54, 1.807) is 0 Å². The summed E-state index contributed by atoms with van der Waals surface area (Å²) in [6.45, 7) is 4.23. The highest BCUT2D eigenvalue weighted by molar-refractivity contribution is 5.80. The number of nitrogens with zero attached hydrogens (tertiary/aromatic N) is 1. The summed E-state index contributed by atoms with van der Waals surface area (Å²) >= 11 is 0. The predicted octanol–water partition coefficient (Wildman–Crippen LogP) is 0.818. The number of hydrogen-bond donors (Lipinski definition) is 2. The van der Waals surface area contributed by atoms with Crippen LogP contribution in [0.3, 0.4) is 0 Å². The van der Waals surface area contributed by atoms with E-state index < -0.39 is 0 Å². The lowest BCUT2D eigenvalue weighted by Gasteiger charge is -2.32. The third-order valence-electron chi connectivity index (χ3n) is 6.60. The maximum Gasteiger partial charge on any atom is 0.227 e. The molecule has 2 saturated heterocycles. The molecule has 3 N–H and O–H groups in total. The predicted molar refractivity (Wildman–Crippen MR) is 78.0 cm³/mol. The summed E-state index contributed by atoms with van der Waals surface area (Å²) in [6.07, 6.45) is 6.06. The Balaban J connectivity index is 1.44. The van der Waals surface area contributed by atoms with Gasteiger partial charge in [0.15, 0.2) is 0 Å². The molecule has 0 aromatic rings. The van der Waals surface area contributed by atoms with Gasteiger partial charge in [-0.05, 0) is 68.9 Å². The van der Waals surface area contributed by atoms with E-state index in [-0.39, 0.29) is 12.0 Å². The topological polar surface area (TPSA) is 58.4 Å². The molecular weight excluding hydrogens is 250 g/mol. The Bertz CT molecular complexity index is 383. The number of fused-ring (bicyclic) bond motifs is 3. The van der Waals surface area contributed by atoms with Crippen molar-refractivity contribution in [1.82, 2.24) is 10.2 Å². The molecule has 0 aromatic heterocycles. The van der Waals surface area contributed by atoms with Crippen molar-refractivity contribution in [3.05, 3.63) is 0 Å². The number of likely N-dealkylation sites (tertiary alicyclic amines) is 1. The summed E-state index contributed by atoms with van der Waals surface area (Å²) in [6, 6.07) is 0.144. The minimum atomic E-state index is 0.143. The van der Waals surface area contributed by atoms with Gasteiger partial charge < -0.3 is 16.0 Å². The van der Waals surface area contributed by atoms with Crippen LogP contribution >= 0.6 is 0 Å². The van der Waals surface area contributed by atoms with Gasteiger partial charge in [0.2, 0.25) is 5.91 Å². The highest BCUT2D eigenvalue weighted by Gasteiger charge is 2.50. The number of nitrogens with two attached hydrogens (primary N) is 1. The van der Waals surface area contributed by atoms with Gasteiger partial charge in [0.05, 0.1) is 5.92 Å². The van der Waals surface area contributed by atoms with Crippen LogP contribution in [0, 0.1) is 29.6 Å². The molecule has 6 atom stereocenters. The fourth-order valence-corrected chi connectivity index (χ4v) is 5.35. The van der Waals surface area contributed by atoms with E-state index in [0.29, 0.717) is 17.7 Å². The van der Waals surface area contributed by atoms with Crippen molar-refractivity contribution in [2.45, 2.75) is 38.1 Å². The van der Waals surface area contributed by atoms with Crippen LogP contribution in [0.15, 0.2) is 0 Å². The van der Waals surface area contributed by atoms with Gasteiger partial charge in [-0.15, -0.1) is 0 Å². The van der Waals surface area contributed by atoms with Crippen LogP contribution in [0.2, 0.25) is 0 Å². The third-order valence-corrected chi connectivity index (χ3v) is 6.60. The maximum absolute atomic E-state index is 12.9. The van der Waals surface area contributed by atoms with Gasteiger partial charge >= 0.3 is 0 Å². The fourth-order valence-electron chi connectivity index (χ4n) is 5.35. The molecule has 2 bridgehead atoms. The van der Waals surface area contributed by atoms with Gasteiger partial charge in [0.1, 0.15) is 0 Å². The number of nitrogens with one attached hydrogen (secondary N) is 1. The van der Waals surface area contributed by atoms with Gasteiger partial charge in [-0.3, -0.25) is 4.79 Å². The molecule has 2 saturated carbocycles. The Morgan fingerprint density at radius 2 is 1.60 bits per heavy atom. The summed E-state index contributed by atoms with van der Waals surface area (Å²) in [7, 11) is 0. The van der Waals surface area contributed by atoms with Crippen LogP contribution in [-0.2, 0) is 4.79 Å². The second-order valence-electron chi connectivity index (χ2n) is 7.52. The van der Waals surface area contributed by atoms with Crippen molar-refractivity contribution in [2.24, 2.45) is 35.3 Å². The molecule has 4 aliphatic rings. The van der Waals surface area contributed by atoms with Crippen molar-refractivity contribution in [3.8, 4) is 0 Å². The fraction of sp³-hybridized carbons (Fsp3) is 0.938. The monoisotopic (exact) mass is 277 g/mol. The highest BCUT2D eigenvalue weighted by Crippen LogP contribution is 2.48. The lowest BCUT2D eigenvalue weighted by Crippen LogP contribution is -2.47. The summed E-state index contributed by atoms with van der Waals surface area (Å²) in [5, 5.41) is 3.50.